The largest absolute Gasteiger partial charge is 0.419 e. The van der Waals surface area contributed by atoms with E-state index in [1.165, 1.54) is 21.0 Å². The van der Waals surface area contributed by atoms with Crippen LogP contribution in [0.1, 0.15) is 52.9 Å². The van der Waals surface area contributed by atoms with Gasteiger partial charge in [0.25, 0.3) is 0 Å². The number of amides is 1. The number of nitrogens with zero attached hydrogens (tertiary/aromatic N) is 3. The van der Waals surface area contributed by atoms with Gasteiger partial charge in [-0.15, -0.1) is 0 Å². The van der Waals surface area contributed by atoms with Gasteiger partial charge in [-0.1, -0.05) is 13.8 Å². The molecular weight excluding hydrogens is 418 g/mol. The molecule has 2 fully saturated rings. The zero-order valence-electron chi connectivity index (χ0n) is 18.4. The summed E-state index contributed by atoms with van der Waals surface area (Å²) in [6.45, 7) is 7.52. The zero-order chi connectivity index (χ0) is 22.3. The molecule has 8 nitrogen and oxygen atoms in total. The van der Waals surface area contributed by atoms with Crippen molar-refractivity contribution in [1.29, 1.82) is 0 Å². The lowest BCUT2D eigenvalue weighted by atomic mass is 10.0. The molecule has 1 unspecified atom stereocenters. The number of sulfonamides is 1. The van der Waals surface area contributed by atoms with E-state index < -0.39 is 15.8 Å². The Balaban J connectivity index is 1.54. The van der Waals surface area contributed by atoms with Crippen LogP contribution in [0, 0.1) is 5.92 Å². The number of oxazole rings is 1. The molecule has 4 rings (SSSR count). The van der Waals surface area contributed by atoms with Crippen molar-refractivity contribution in [2.24, 2.45) is 5.92 Å². The van der Waals surface area contributed by atoms with Crippen LogP contribution in [-0.2, 0) is 21.4 Å². The normalized spacial score (nSPS) is 18.7. The number of aromatic nitrogens is 1. The second kappa shape index (κ2) is 8.43. The smallest absolute Gasteiger partial charge is 0.408 e. The first-order valence-electron chi connectivity index (χ1n) is 11.1. The minimum atomic E-state index is -3.59. The molecule has 1 saturated carbocycles. The summed E-state index contributed by atoms with van der Waals surface area (Å²) in [5.41, 5.74) is 0.736. The van der Waals surface area contributed by atoms with Gasteiger partial charge in [-0.3, -0.25) is 9.36 Å². The summed E-state index contributed by atoms with van der Waals surface area (Å²) in [4.78, 5) is 27.5. The number of benzene rings is 1. The van der Waals surface area contributed by atoms with Crippen LogP contribution in [0.4, 0.5) is 0 Å². The first kappa shape index (κ1) is 22.1. The van der Waals surface area contributed by atoms with Gasteiger partial charge in [-0.25, -0.2) is 13.2 Å². The Morgan fingerprint density at radius 2 is 1.87 bits per heavy atom. The van der Waals surface area contributed by atoms with Crippen LogP contribution in [0.25, 0.3) is 11.1 Å². The van der Waals surface area contributed by atoms with Crippen molar-refractivity contribution in [3.8, 4) is 0 Å². The van der Waals surface area contributed by atoms with Crippen LogP contribution in [0.5, 0.6) is 0 Å². The standard InChI is InChI=1S/C22H31N3O5S/c1-15(2)16(3)25(17-6-7-17)21(26)10-13-24-19-9-8-18(14-20(19)30-22(24)27)31(28,29)23-11-4-5-12-23/h8-9,14-17H,4-7,10-13H2,1-3H3. The number of rotatable bonds is 8. The molecule has 2 heterocycles. The third kappa shape index (κ3) is 4.30. The maximum atomic E-state index is 12.9. The van der Waals surface area contributed by atoms with Crippen LogP contribution in [0.15, 0.2) is 32.3 Å². The zero-order valence-corrected chi connectivity index (χ0v) is 19.2. The molecule has 9 heteroatoms. The van der Waals surface area contributed by atoms with Crippen LogP contribution >= 0.6 is 0 Å². The Morgan fingerprint density at radius 3 is 2.48 bits per heavy atom. The van der Waals surface area contributed by atoms with Gasteiger partial charge in [0, 0.05) is 44.2 Å². The van der Waals surface area contributed by atoms with E-state index >= 15 is 0 Å². The van der Waals surface area contributed by atoms with Gasteiger partial charge < -0.3 is 9.32 Å². The average molecular weight is 450 g/mol. The van der Waals surface area contributed by atoms with Crippen molar-refractivity contribution < 1.29 is 17.6 Å². The highest BCUT2D eigenvalue weighted by molar-refractivity contribution is 7.89. The van der Waals surface area contributed by atoms with Gasteiger partial charge in [0.1, 0.15) is 0 Å². The van der Waals surface area contributed by atoms with Gasteiger partial charge in [0.2, 0.25) is 15.9 Å². The fourth-order valence-corrected chi connectivity index (χ4v) is 5.80. The first-order valence-corrected chi connectivity index (χ1v) is 12.6. The van der Waals surface area contributed by atoms with E-state index in [0.29, 0.717) is 30.6 Å². The van der Waals surface area contributed by atoms with Crippen molar-refractivity contribution in [1.82, 2.24) is 13.8 Å². The number of hydrogen-bond donors (Lipinski definition) is 0. The van der Waals surface area contributed by atoms with Gasteiger partial charge >= 0.3 is 5.76 Å². The Bertz CT molecular complexity index is 1120. The predicted octanol–water partition coefficient (Wildman–Crippen LogP) is 2.80. The maximum Gasteiger partial charge on any atom is 0.419 e. The van der Waals surface area contributed by atoms with Crippen LogP contribution in [0.3, 0.4) is 0 Å². The average Bonchev–Trinajstić information content (AvgIpc) is 3.27. The molecule has 1 aliphatic heterocycles. The fraction of sp³-hybridized carbons (Fsp3) is 0.636. The highest BCUT2D eigenvalue weighted by Gasteiger charge is 2.36. The molecule has 0 bridgehead atoms. The lowest BCUT2D eigenvalue weighted by Crippen LogP contribution is -2.43. The van der Waals surface area contributed by atoms with E-state index in [2.05, 4.69) is 20.8 Å². The maximum absolute atomic E-state index is 12.9. The number of aryl methyl sites for hydroxylation is 1. The minimum Gasteiger partial charge on any atom is -0.408 e. The molecule has 0 radical (unpaired) electrons. The van der Waals surface area contributed by atoms with E-state index in [-0.39, 0.29) is 35.4 Å². The Labute approximate surface area is 182 Å². The molecule has 1 atom stereocenters. The summed E-state index contributed by atoms with van der Waals surface area (Å²) in [7, 11) is -3.59. The van der Waals surface area contributed by atoms with Crippen molar-refractivity contribution in [2.75, 3.05) is 13.1 Å². The van der Waals surface area contributed by atoms with E-state index in [4.69, 9.17) is 4.42 Å². The van der Waals surface area contributed by atoms with Gasteiger partial charge in [0.05, 0.1) is 10.4 Å². The van der Waals surface area contributed by atoms with E-state index in [9.17, 15) is 18.0 Å². The van der Waals surface area contributed by atoms with Gasteiger partial charge in [-0.05, 0) is 50.7 Å². The summed E-state index contributed by atoms with van der Waals surface area (Å²) < 4.78 is 33.8. The minimum absolute atomic E-state index is 0.0400. The second-order valence-corrected chi connectivity index (χ2v) is 11.0. The van der Waals surface area contributed by atoms with Crippen LogP contribution < -0.4 is 5.76 Å². The second-order valence-electron chi connectivity index (χ2n) is 9.03. The summed E-state index contributed by atoms with van der Waals surface area (Å²) in [5.74, 6) is -0.176. The van der Waals surface area contributed by atoms with Crippen molar-refractivity contribution in [3.05, 3.63) is 28.7 Å². The molecule has 1 saturated heterocycles. The number of fused-ring (bicyclic) bond motifs is 1. The molecule has 170 valence electrons. The Hall–Kier alpha value is -2.13. The predicted molar refractivity (Wildman–Crippen MR) is 117 cm³/mol. The van der Waals surface area contributed by atoms with E-state index in [1.807, 2.05) is 4.90 Å². The summed E-state index contributed by atoms with van der Waals surface area (Å²) in [5, 5.41) is 0. The fourth-order valence-electron chi connectivity index (χ4n) is 4.27. The molecule has 1 aromatic carbocycles. The van der Waals surface area contributed by atoms with Crippen LogP contribution in [0.2, 0.25) is 0 Å². The Kier molecular flexibility index (Phi) is 6.00. The molecule has 1 aromatic heterocycles. The molecule has 2 aromatic rings. The number of hydrogen-bond acceptors (Lipinski definition) is 5. The van der Waals surface area contributed by atoms with Crippen LogP contribution in [-0.4, -0.2) is 53.3 Å². The van der Waals surface area contributed by atoms with Gasteiger partial charge in [0.15, 0.2) is 5.58 Å². The third-order valence-electron chi connectivity index (χ3n) is 6.52. The van der Waals surface area contributed by atoms with E-state index in [0.717, 1.165) is 25.7 Å². The summed E-state index contributed by atoms with van der Waals surface area (Å²) in [6, 6.07) is 4.99. The first-order chi connectivity index (χ1) is 14.7. The Morgan fingerprint density at radius 1 is 1.19 bits per heavy atom. The molecule has 1 amide bonds. The molecule has 0 N–H and O–H groups in total. The van der Waals surface area contributed by atoms with E-state index in [1.54, 1.807) is 6.07 Å². The summed E-state index contributed by atoms with van der Waals surface area (Å²) >= 11 is 0. The molecule has 0 spiro atoms. The van der Waals surface area contributed by atoms with Gasteiger partial charge in [-0.2, -0.15) is 4.31 Å². The van der Waals surface area contributed by atoms with Crippen molar-refractivity contribution >= 4 is 27.0 Å². The molecule has 31 heavy (non-hydrogen) atoms. The number of carbonyl (C=O) groups is 1. The highest BCUT2D eigenvalue weighted by Crippen LogP contribution is 2.31. The topological polar surface area (TPSA) is 92.8 Å². The number of carbonyl (C=O) groups excluding carboxylic acids is 1. The quantitative estimate of drug-likeness (QED) is 0.618. The molecule has 1 aliphatic carbocycles. The third-order valence-corrected chi connectivity index (χ3v) is 8.42. The lowest BCUT2D eigenvalue weighted by Gasteiger charge is -2.32. The summed E-state index contributed by atoms with van der Waals surface area (Å²) in [6.07, 6.45) is 3.98. The highest BCUT2D eigenvalue weighted by atomic mass is 32.2. The molecular formula is C22H31N3O5S. The van der Waals surface area contributed by atoms with Crippen molar-refractivity contribution in [2.45, 2.75) is 76.4 Å². The SMILES string of the molecule is CC(C)C(C)N(C(=O)CCn1c(=O)oc2cc(S(=O)(=O)N3CCCC3)ccc21)C1CC1. The monoisotopic (exact) mass is 449 g/mol. The van der Waals surface area contributed by atoms with Crippen molar-refractivity contribution in [3.63, 3.8) is 0 Å². The lowest BCUT2D eigenvalue weighted by molar-refractivity contribution is -0.135. The molecule has 2 aliphatic rings.